The number of amides is 1. The van der Waals surface area contributed by atoms with Crippen LogP contribution in [0, 0.1) is 0 Å². The third-order valence-electron chi connectivity index (χ3n) is 6.51. The summed E-state index contributed by atoms with van der Waals surface area (Å²) in [4.78, 5) is 17.9. The predicted molar refractivity (Wildman–Crippen MR) is 125 cm³/mol. The van der Waals surface area contributed by atoms with Gasteiger partial charge in [0.2, 0.25) is 0 Å². The second-order valence-electron chi connectivity index (χ2n) is 8.83. The van der Waals surface area contributed by atoms with Crippen LogP contribution < -0.4 is 10.6 Å². The Morgan fingerprint density at radius 2 is 2.03 bits per heavy atom. The maximum atomic E-state index is 13.0. The summed E-state index contributed by atoms with van der Waals surface area (Å²) < 4.78 is 4.41. The molecule has 2 aromatic carbocycles. The highest BCUT2D eigenvalue weighted by Gasteiger charge is 2.29. The molecule has 5 rings (SSSR count). The van der Waals surface area contributed by atoms with Crippen LogP contribution in [0.1, 0.15) is 37.0 Å². The van der Waals surface area contributed by atoms with Crippen molar-refractivity contribution in [3.05, 3.63) is 54.1 Å². The number of carbonyl (C=O) groups excluding carboxylic acids is 1. The Hall–Kier alpha value is -3.12. The van der Waals surface area contributed by atoms with Crippen LogP contribution in [-0.4, -0.2) is 38.7 Å². The predicted octanol–water partition coefficient (Wildman–Crippen LogP) is 4.09. The van der Waals surface area contributed by atoms with Gasteiger partial charge in [-0.25, -0.2) is 4.98 Å². The van der Waals surface area contributed by atoms with Gasteiger partial charge >= 0.3 is 0 Å². The topological polar surface area (TPSA) is 63.9 Å². The Balaban J connectivity index is 1.53. The van der Waals surface area contributed by atoms with E-state index in [1.165, 1.54) is 10.9 Å². The van der Waals surface area contributed by atoms with Crippen molar-refractivity contribution in [2.24, 2.45) is 7.05 Å². The van der Waals surface area contributed by atoms with E-state index in [0.717, 1.165) is 55.0 Å². The van der Waals surface area contributed by atoms with Crippen molar-refractivity contribution in [1.29, 1.82) is 0 Å². The minimum absolute atomic E-state index is 0.0389. The van der Waals surface area contributed by atoms with E-state index in [0.29, 0.717) is 5.56 Å². The van der Waals surface area contributed by atoms with Gasteiger partial charge in [0.05, 0.1) is 22.3 Å². The molecule has 1 unspecified atom stereocenters. The lowest BCUT2D eigenvalue weighted by molar-refractivity contribution is 0.0891. The number of nitrogens with one attached hydrogen (secondary N) is 2. The van der Waals surface area contributed by atoms with Crippen LogP contribution >= 0.6 is 0 Å². The Morgan fingerprint density at radius 3 is 2.81 bits per heavy atom. The molecular formula is C25H29N5O. The van der Waals surface area contributed by atoms with Gasteiger partial charge in [0.1, 0.15) is 0 Å². The van der Waals surface area contributed by atoms with E-state index in [1.54, 1.807) is 0 Å². The zero-order valence-electron chi connectivity index (χ0n) is 18.4. The fourth-order valence-corrected chi connectivity index (χ4v) is 4.82. The van der Waals surface area contributed by atoms with Gasteiger partial charge in [-0.1, -0.05) is 18.2 Å². The van der Waals surface area contributed by atoms with Crippen molar-refractivity contribution in [2.45, 2.75) is 38.8 Å². The minimum atomic E-state index is -0.207. The summed E-state index contributed by atoms with van der Waals surface area (Å²) in [6, 6.07) is 16.4. The Labute approximate surface area is 182 Å². The molecule has 0 aliphatic carbocycles. The van der Waals surface area contributed by atoms with E-state index in [1.807, 2.05) is 25.2 Å². The molecule has 0 saturated carbocycles. The Kier molecular flexibility index (Phi) is 4.82. The number of benzene rings is 2. The van der Waals surface area contributed by atoms with Crippen LogP contribution in [0.15, 0.2) is 48.5 Å². The molecule has 6 nitrogen and oxygen atoms in total. The third kappa shape index (κ3) is 3.41. The van der Waals surface area contributed by atoms with Crippen LogP contribution in [0.4, 0.5) is 0 Å². The highest BCUT2D eigenvalue weighted by molar-refractivity contribution is 5.98. The van der Waals surface area contributed by atoms with E-state index in [2.05, 4.69) is 63.9 Å². The third-order valence-corrected chi connectivity index (χ3v) is 6.51. The summed E-state index contributed by atoms with van der Waals surface area (Å²) in [6.45, 7) is 6.95. The van der Waals surface area contributed by atoms with Crippen LogP contribution in [-0.2, 0) is 13.6 Å². The second-order valence-corrected chi connectivity index (χ2v) is 8.83. The number of para-hydroxylation sites is 1. The first-order valence-corrected chi connectivity index (χ1v) is 11.1. The van der Waals surface area contributed by atoms with Gasteiger partial charge in [0, 0.05) is 36.6 Å². The number of rotatable bonds is 4. The summed E-state index contributed by atoms with van der Waals surface area (Å²) in [5.74, 6) is 0.872. The normalized spacial score (nSPS) is 19.2. The molecular weight excluding hydrogens is 386 g/mol. The Morgan fingerprint density at radius 1 is 1.19 bits per heavy atom. The van der Waals surface area contributed by atoms with Crippen LogP contribution in [0.2, 0.25) is 0 Å². The van der Waals surface area contributed by atoms with Crippen molar-refractivity contribution in [2.75, 3.05) is 13.1 Å². The van der Waals surface area contributed by atoms with Crippen molar-refractivity contribution >= 4 is 27.8 Å². The van der Waals surface area contributed by atoms with E-state index >= 15 is 0 Å². The lowest BCUT2D eigenvalue weighted by Gasteiger charge is -2.35. The van der Waals surface area contributed by atoms with Crippen LogP contribution in [0.25, 0.3) is 33.5 Å². The number of piperidine rings is 1. The average molecular weight is 416 g/mol. The summed E-state index contributed by atoms with van der Waals surface area (Å²) in [5.41, 5.74) is 4.60. The molecule has 1 amide bonds. The number of fused-ring (bicyclic) bond motifs is 2. The van der Waals surface area contributed by atoms with E-state index in [4.69, 9.17) is 4.98 Å². The molecule has 0 bridgehead atoms. The smallest absolute Gasteiger partial charge is 0.251 e. The molecule has 2 N–H and O–H groups in total. The number of nitrogens with zero attached hydrogens (tertiary/aromatic N) is 3. The second kappa shape index (κ2) is 7.54. The van der Waals surface area contributed by atoms with Gasteiger partial charge in [-0.3, -0.25) is 4.79 Å². The number of imidazole rings is 1. The zero-order valence-corrected chi connectivity index (χ0v) is 18.4. The molecule has 1 aliphatic heterocycles. The maximum Gasteiger partial charge on any atom is 0.251 e. The summed E-state index contributed by atoms with van der Waals surface area (Å²) in [6.07, 6.45) is 2.06. The fourth-order valence-electron chi connectivity index (χ4n) is 4.82. The molecule has 4 aromatic rings. The molecule has 6 heteroatoms. The van der Waals surface area contributed by atoms with E-state index < -0.39 is 0 Å². The van der Waals surface area contributed by atoms with E-state index in [9.17, 15) is 4.79 Å². The van der Waals surface area contributed by atoms with Crippen LogP contribution in [0.3, 0.4) is 0 Å². The fraction of sp³-hybridized carbons (Fsp3) is 0.360. The summed E-state index contributed by atoms with van der Waals surface area (Å²) >= 11 is 0. The molecule has 2 aromatic heterocycles. The van der Waals surface area contributed by atoms with Gasteiger partial charge in [0.15, 0.2) is 5.82 Å². The molecule has 1 fully saturated rings. The van der Waals surface area contributed by atoms with Crippen molar-refractivity contribution in [3.63, 3.8) is 0 Å². The summed E-state index contributed by atoms with van der Waals surface area (Å²) in [7, 11) is 2.04. The molecule has 0 spiro atoms. The van der Waals surface area contributed by atoms with Crippen molar-refractivity contribution < 1.29 is 4.79 Å². The standard InChI is InChI=1S/C25H29N5O/c1-4-30-20-9-6-5-8-17(20)15-22(30)23-27-19-14-18(10-11-21(19)29(23)3)24(31)28-25(2)12-7-13-26-16-25/h5-6,8-11,14-15,26H,4,7,12-13,16H2,1-3H3,(H,28,31). The van der Waals surface area contributed by atoms with Gasteiger partial charge in [-0.05, 0) is 63.6 Å². The highest BCUT2D eigenvalue weighted by Crippen LogP contribution is 2.30. The number of hydrogen-bond donors (Lipinski definition) is 2. The zero-order chi connectivity index (χ0) is 21.6. The molecule has 3 heterocycles. The summed E-state index contributed by atoms with van der Waals surface area (Å²) in [5, 5.41) is 7.81. The first kappa shape index (κ1) is 19.8. The largest absolute Gasteiger partial charge is 0.346 e. The SMILES string of the molecule is CCn1c(-c2nc3cc(C(=O)NC4(C)CCCNC4)ccc3n2C)cc2ccccc21. The lowest BCUT2D eigenvalue weighted by Crippen LogP contribution is -2.55. The lowest BCUT2D eigenvalue weighted by atomic mass is 9.92. The molecule has 1 saturated heterocycles. The monoisotopic (exact) mass is 415 g/mol. The number of carbonyl (C=O) groups is 1. The van der Waals surface area contributed by atoms with Gasteiger partial charge < -0.3 is 19.8 Å². The van der Waals surface area contributed by atoms with Gasteiger partial charge in [-0.15, -0.1) is 0 Å². The average Bonchev–Trinajstić information content (AvgIpc) is 3.30. The van der Waals surface area contributed by atoms with Gasteiger partial charge in [-0.2, -0.15) is 0 Å². The molecule has 0 radical (unpaired) electrons. The van der Waals surface area contributed by atoms with Crippen molar-refractivity contribution in [3.8, 4) is 11.5 Å². The van der Waals surface area contributed by atoms with Crippen LogP contribution in [0.5, 0.6) is 0 Å². The molecule has 1 atom stereocenters. The minimum Gasteiger partial charge on any atom is -0.346 e. The molecule has 1 aliphatic rings. The van der Waals surface area contributed by atoms with Gasteiger partial charge in [0.25, 0.3) is 5.91 Å². The quantitative estimate of drug-likeness (QED) is 0.528. The Bertz CT molecular complexity index is 1280. The number of aromatic nitrogens is 3. The molecule has 160 valence electrons. The first-order valence-electron chi connectivity index (χ1n) is 11.1. The molecule has 31 heavy (non-hydrogen) atoms. The van der Waals surface area contributed by atoms with Crippen molar-refractivity contribution in [1.82, 2.24) is 24.8 Å². The maximum absolute atomic E-state index is 13.0. The first-order chi connectivity index (χ1) is 15.0. The number of aryl methyl sites for hydroxylation is 2. The number of hydrogen-bond acceptors (Lipinski definition) is 3. The van der Waals surface area contributed by atoms with E-state index in [-0.39, 0.29) is 11.4 Å². The highest BCUT2D eigenvalue weighted by atomic mass is 16.1.